The molecule has 0 bridgehead atoms. The van der Waals surface area contributed by atoms with Crippen molar-refractivity contribution in [1.29, 1.82) is 0 Å². The smallest absolute Gasteiger partial charge is 0.187 e. The van der Waals surface area contributed by atoms with Crippen LogP contribution in [-0.4, -0.2) is 111 Å². The van der Waals surface area contributed by atoms with E-state index in [1.807, 2.05) is 74.5 Å². The lowest BCUT2D eigenvalue weighted by molar-refractivity contribution is -0.324. The summed E-state index contributed by atoms with van der Waals surface area (Å²) in [5.41, 5.74) is 1.95. The minimum absolute atomic E-state index is 0.169. The van der Waals surface area contributed by atoms with Gasteiger partial charge in [0.15, 0.2) is 24.2 Å². The Hall–Kier alpha value is -2.04. The summed E-state index contributed by atoms with van der Waals surface area (Å²) in [6.45, 7) is 7.30. The Morgan fingerprint density at radius 3 is 1.93 bits per heavy atom. The lowest BCUT2D eigenvalue weighted by atomic mass is 9.98. The topological polar surface area (TPSA) is 133 Å². The maximum atomic E-state index is 11.2. The van der Waals surface area contributed by atoms with Gasteiger partial charge in [0.2, 0.25) is 0 Å². The van der Waals surface area contributed by atoms with Gasteiger partial charge in [-0.25, -0.2) is 0 Å². The zero-order chi connectivity index (χ0) is 32.9. The molecule has 0 spiro atoms. The van der Waals surface area contributed by atoms with Gasteiger partial charge in [-0.3, -0.25) is 0 Å². The summed E-state index contributed by atoms with van der Waals surface area (Å²) in [5, 5.41) is 21.3. The third-order valence-corrected chi connectivity index (χ3v) is 8.19. The van der Waals surface area contributed by atoms with Crippen LogP contribution >= 0.6 is 0 Å². The summed E-state index contributed by atoms with van der Waals surface area (Å²) in [4.78, 5) is 0. The number of hydrogen-bond acceptors (Lipinski definition) is 12. The van der Waals surface area contributed by atoms with Crippen LogP contribution in [-0.2, 0) is 60.6 Å². The monoisotopic (exact) mass is 648 g/mol. The highest BCUT2D eigenvalue weighted by Crippen LogP contribution is 2.41. The molecule has 2 aromatic carbocycles. The fourth-order valence-electron chi connectivity index (χ4n) is 6.18. The minimum Gasteiger partial charge on any atom is -0.394 e. The molecular weight excluding hydrogens is 600 g/mol. The molecule has 0 radical (unpaired) electrons. The highest BCUT2D eigenvalue weighted by Gasteiger charge is 2.58. The molecule has 0 unspecified atom stereocenters. The molecule has 3 heterocycles. The third kappa shape index (κ3) is 8.51. The van der Waals surface area contributed by atoms with Crippen LogP contribution in [0.15, 0.2) is 60.7 Å². The van der Waals surface area contributed by atoms with Crippen LogP contribution in [0.3, 0.4) is 0 Å². The summed E-state index contributed by atoms with van der Waals surface area (Å²) in [6.07, 6.45) is -8.83. The van der Waals surface area contributed by atoms with Gasteiger partial charge in [0.25, 0.3) is 0 Å². The first-order valence-electron chi connectivity index (χ1n) is 15.7. The van der Waals surface area contributed by atoms with E-state index in [4.69, 9.17) is 47.4 Å². The van der Waals surface area contributed by atoms with Gasteiger partial charge < -0.3 is 57.6 Å². The molecule has 3 aliphatic heterocycles. The Labute approximate surface area is 270 Å². The molecule has 0 saturated carbocycles. The molecule has 12 heteroatoms. The molecular formula is C34H48O12. The summed E-state index contributed by atoms with van der Waals surface area (Å²) in [6, 6.07) is 19.5. The number of benzene rings is 2. The Morgan fingerprint density at radius 1 is 0.761 bits per heavy atom. The Balaban J connectivity index is 1.44. The quantitative estimate of drug-likeness (QED) is 0.275. The number of rotatable bonds is 15. The first-order chi connectivity index (χ1) is 22.0. The molecule has 256 valence electrons. The van der Waals surface area contributed by atoms with E-state index >= 15 is 0 Å². The van der Waals surface area contributed by atoms with E-state index in [0.29, 0.717) is 6.61 Å². The Bertz CT molecular complexity index is 1190. The van der Waals surface area contributed by atoms with Gasteiger partial charge in [0.1, 0.15) is 48.8 Å². The first kappa shape index (κ1) is 35.3. The number of ether oxygens (including phenoxy) is 10. The van der Waals surface area contributed by atoms with Gasteiger partial charge in [-0.15, -0.1) is 0 Å². The molecule has 46 heavy (non-hydrogen) atoms. The predicted octanol–water partition coefficient (Wildman–Crippen LogP) is 2.91. The molecule has 3 saturated heterocycles. The van der Waals surface area contributed by atoms with Crippen molar-refractivity contribution in [2.75, 3.05) is 27.4 Å². The first-order valence-corrected chi connectivity index (χ1v) is 15.7. The highest BCUT2D eigenvalue weighted by atomic mass is 16.8. The fourth-order valence-corrected chi connectivity index (χ4v) is 6.18. The van der Waals surface area contributed by atoms with Crippen molar-refractivity contribution in [3.05, 3.63) is 71.8 Å². The molecule has 0 amide bonds. The molecule has 5 rings (SSSR count). The van der Waals surface area contributed by atoms with Gasteiger partial charge in [-0.1, -0.05) is 60.7 Å². The molecule has 0 aromatic heterocycles. The zero-order valence-electron chi connectivity index (χ0n) is 27.4. The number of aliphatic hydroxyl groups is 2. The molecule has 3 aliphatic rings. The van der Waals surface area contributed by atoms with Crippen LogP contribution < -0.4 is 0 Å². The van der Waals surface area contributed by atoms with Gasteiger partial charge in [0, 0.05) is 14.2 Å². The number of aliphatic hydroxyl groups excluding tert-OH is 2. The highest BCUT2D eigenvalue weighted by molar-refractivity contribution is 5.14. The van der Waals surface area contributed by atoms with Crippen LogP contribution in [0.1, 0.15) is 38.8 Å². The van der Waals surface area contributed by atoms with Crippen molar-refractivity contribution in [3.8, 4) is 0 Å². The van der Waals surface area contributed by atoms with Crippen molar-refractivity contribution >= 4 is 0 Å². The summed E-state index contributed by atoms with van der Waals surface area (Å²) in [5.74, 6) is -2.01. The maximum absolute atomic E-state index is 11.2. The standard InChI is InChI=1S/C34H48O12/c1-33(2)43-26-24(20-39-18-21-13-9-7-10-14-21)41-32(29(28(26)45-33)40-19-22-15-11-8-12-16-22)42-25(23(36)17-35)27-30(31(37-5)38-6)46-34(3,4)44-27/h7-16,23-32,35-36H,17-20H2,1-6H3/t23-,24-,25-,26+,27+,28+,29-,30-,32+/m1/s1. The molecule has 9 atom stereocenters. The van der Waals surface area contributed by atoms with Crippen LogP contribution in [0.4, 0.5) is 0 Å². The molecule has 2 N–H and O–H groups in total. The molecule has 0 aliphatic carbocycles. The van der Waals surface area contributed by atoms with Crippen molar-refractivity contribution in [2.24, 2.45) is 0 Å². The van der Waals surface area contributed by atoms with Crippen molar-refractivity contribution in [1.82, 2.24) is 0 Å². The fraction of sp³-hybridized carbons (Fsp3) is 0.647. The second-order valence-corrected chi connectivity index (χ2v) is 12.6. The van der Waals surface area contributed by atoms with E-state index in [1.54, 1.807) is 13.8 Å². The summed E-state index contributed by atoms with van der Waals surface area (Å²) >= 11 is 0. The molecule has 2 aromatic rings. The van der Waals surface area contributed by atoms with E-state index in [9.17, 15) is 10.2 Å². The summed E-state index contributed by atoms with van der Waals surface area (Å²) < 4.78 is 61.9. The average molecular weight is 649 g/mol. The van der Waals surface area contributed by atoms with Crippen LogP contribution in [0.25, 0.3) is 0 Å². The lowest BCUT2D eigenvalue weighted by Crippen LogP contribution is -2.61. The number of methoxy groups -OCH3 is 2. The lowest BCUT2D eigenvalue weighted by Gasteiger charge is -2.44. The van der Waals surface area contributed by atoms with Gasteiger partial charge in [-0.05, 0) is 38.8 Å². The van der Waals surface area contributed by atoms with E-state index in [2.05, 4.69) is 0 Å². The maximum Gasteiger partial charge on any atom is 0.187 e. The average Bonchev–Trinajstić information content (AvgIpc) is 3.54. The third-order valence-electron chi connectivity index (χ3n) is 8.19. The van der Waals surface area contributed by atoms with Crippen LogP contribution in [0.5, 0.6) is 0 Å². The van der Waals surface area contributed by atoms with E-state index in [0.717, 1.165) is 11.1 Å². The normalized spacial score (nSPS) is 31.5. The Morgan fingerprint density at radius 2 is 1.33 bits per heavy atom. The molecule has 3 fully saturated rings. The van der Waals surface area contributed by atoms with E-state index < -0.39 is 79.6 Å². The minimum atomic E-state index is -1.39. The predicted molar refractivity (Wildman–Crippen MR) is 163 cm³/mol. The SMILES string of the molecule is COC(OC)[C@@H]1OC(C)(C)O[C@H]1[C@H](O[C@@H]1O[C@H](COCc2ccccc2)[C@@H]2OC(C)(C)O[C@@H]2[C@H]1OCc1ccccc1)[C@H](O)CO. The van der Waals surface area contributed by atoms with Crippen LogP contribution in [0.2, 0.25) is 0 Å². The van der Waals surface area contributed by atoms with Crippen molar-refractivity contribution in [2.45, 2.75) is 114 Å². The van der Waals surface area contributed by atoms with Crippen molar-refractivity contribution < 1.29 is 57.6 Å². The van der Waals surface area contributed by atoms with E-state index in [-0.39, 0.29) is 13.2 Å². The number of hydrogen-bond donors (Lipinski definition) is 2. The van der Waals surface area contributed by atoms with E-state index in [1.165, 1.54) is 14.2 Å². The van der Waals surface area contributed by atoms with Crippen LogP contribution in [0, 0.1) is 0 Å². The van der Waals surface area contributed by atoms with Gasteiger partial charge in [-0.2, -0.15) is 0 Å². The largest absolute Gasteiger partial charge is 0.394 e. The van der Waals surface area contributed by atoms with Gasteiger partial charge >= 0.3 is 0 Å². The second-order valence-electron chi connectivity index (χ2n) is 12.6. The van der Waals surface area contributed by atoms with Crippen molar-refractivity contribution in [3.63, 3.8) is 0 Å². The zero-order valence-corrected chi connectivity index (χ0v) is 27.4. The summed E-state index contributed by atoms with van der Waals surface area (Å²) in [7, 11) is 2.96. The number of fused-ring (bicyclic) bond motifs is 1. The Kier molecular flexibility index (Phi) is 11.8. The second kappa shape index (κ2) is 15.5. The molecule has 12 nitrogen and oxygen atoms in total. The van der Waals surface area contributed by atoms with Gasteiger partial charge in [0.05, 0.1) is 26.4 Å².